The molecule has 0 aliphatic carbocycles. The normalized spacial score (nSPS) is 16.9. The Morgan fingerprint density at radius 1 is 1.23 bits per heavy atom. The molecule has 1 aliphatic heterocycles. The van der Waals surface area contributed by atoms with E-state index in [4.69, 9.17) is 11.6 Å². The van der Waals surface area contributed by atoms with Gasteiger partial charge in [0.1, 0.15) is 0 Å². The number of hydrogen-bond acceptors (Lipinski definition) is 3. The molecule has 1 saturated heterocycles. The van der Waals surface area contributed by atoms with Crippen molar-refractivity contribution in [3.63, 3.8) is 0 Å². The Morgan fingerprint density at radius 3 is 2.32 bits per heavy atom. The van der Waals surface area contributed by atoms with E-state index in [1.54, 1.807) is 18.7 Å². The molecule has 1 amide bonds. The second-order valence-electron chi connectivity index (χ2n) is 6.13. The minimum atomic E-state index is -1.09. The van der Waals surface area contributed by atoms with Gasteiger partial charge in [-0.25, -0.2) is 8.78 Å². The van der Waals surface area contributed by atoms with E-state index in [2.05, 4.69) is 4.90 Å². The fourth-order valence-electron chi connectivity index (χ4n) is 2.51. The molecule has 4 nitrogen and oxygen atoms in total. The predicted molar refractivity (Wildman–Crippen MR) is 80.0 cm³/mol. The standard InChI is InChI=1S/C15H19ClF2N2O2/c1-15(2,22)9-19-3-5-20(6-4-19)14(21)10-7-12(17)13(18)8-11(10)16/h7-8,22H,3-6,9H2,1-2H3. The third kappa shape index (κ3) is 4.15. The maximum atomic E-state index is 13.3. The molecule has 0 saturated carbocycles. The van der Waals surface area contributed by atoms with Crippen molar-refractivity contribution in [2.24, 2.45) is 0 Å². The zero-order valence-electron chi connectivity index (χ0n) is 12.6. The average Bonchev–Trinajstić information content (AvgIpc) is 2.41. The second kappa shape index (κ2) is 6.48. The number of halogens is 3. The number of amides is 1. The Balaban J connectivity index is 2.03. The summed E-state index contributed by atoms with van der Waals surface area (Å²) in [5.74, 6) is -2.57. The van der Waals surface area contributed by atoms with Crippen LogP contribution in [0.1, 0.15) is 24.2 Å². The summed E-state index contributed by atoms with van der Waals surface area (Å²) >= 11 is 5.83. The van der Waals surface area contributed by atoms with Gasteiger partial charge in [0.2, 0.25) is 0 Å². The van der Waals surface area contributed by atoms with E-state index in [-0.39, 0.29) is 10.6 Å². The van der Waals surface area contributed by atoms with Crippen LogP contribution in [0.4, 0.5) is 8.78 Å². The molecule has 1 aromatic carbocycles. The molecule has 2 rings (SSSR count). The van der Waals surface area contributed by atoms with Crippen LogP contribution in [-0.2, 0) is 0 Å². The van der Waals surface area contributed by atoms with Crippen LogP contribution < -0.4 is 0 Å². The summed E-state index contributed by atoms with van der Waals surface area (Å²) in [5, 5.41) is 9.70. The Bertz CT molecular complexity index is 567. The quantitative estimate of drug-likeness (QED) is 0.863. The number of carbonyl (C=O) groups excluding carboxylic acids is 1. The lowest BCUT2D eigenvalue weighted by Gasteiger charge is -2.37. The molecule has 0 spiro atoms. The highest BCUT2D eigenvalue weighted by molar-refractivity contribution is 6.33. The number of carbonyl (C=O) groups is 1. The number of rotatable bonds is 3. The highest BCUT2D eigenvalue weighted by Crippen LogP contribution is 2.22. The summed E-state index contributed by atoms with van der Waals surface area (Å²) < 4.78 is 26.4. The largest absolute Gasteiger partial charge is 0.389 e. The first kappa shape index (κ1) is 17.1. The van der Waals surface area contributed by atoms with Crippen LogP contribution in [0, 0.1) is 11.6 Å². The molecule has 1 aliphatic rings. The van der Waals surface area contributed by atoms with E-state index >= 15 is 0 Å². The van der Waals surface area contributed by atoms with Crippen LogP contribution in [0.2, 0.25) is 5.02 Å². The minimum Gasteiger partial charge on any atom is -0.389 e. The van der Waals surface area contributed by atoms with Crippen molar-refractivity contribution in [3.05, 3.63) is 34.4 Å². The zero-order valence-corrected chi connectivity index (χ0v) is 13.3. The van der Waals surface area contributed by atoms with Gasteiger partial charge >= 0.3 is 0 Å². The van der Waals surface area contributed by atoms with E-state index in [0.717, 1.165) is 12.1 Å². The maximum absolute atomic E-state index is 13.3. The number of nitrogens with zero attached hydrogens (tertiary/aromatic N) is 2. The molecule has 0 aromatic heterocycles. The molecule has 122 valence electrons. The van der Waals surface area contributed by atoms with Crippen LogP contribution in [0.15, 0.2) is 12.1 Å². The number of piperazine rings is 1. The van der Waals surface area contributed by atoms with Crippen molar-refractivity contribution in [2.75, 3.05) is 32.7 Å². The fraction of sp³-hybridized carbons (Fsp3) is 0.533. The molecule has 22 heavy (non-hydrogen) atoms. The van der Waals surface area contributed by atoms with Crippen molar-refractivity contribution < 1.29 is 18.7 Å². The SMILES string of the molecule is CC(C)(O)CN1CCN(C(=O)c2cc(F)c(F)cc2Cl)CC1. The van der Waals surface area contributed by atoms with Gasteiger partial charge in [0, 0.05) is 32.7 Å². The molecule has 1 heterocycles. The summed E-state index contributed by atoms with van der Waals surface area (Å²) in [6.45, 7) is 6.08. The molecule has 1 N–H and O–H groups in total. The Hall–Kier alpha value is -1.24. The molecular formula is C15H19ClF2N2O2. The first-order chi connectivity index (χ1) is 10.2. The highest BCUT2D eigenvalue weighted by atomic mass is 35.5. The van der Waals surface area contributed by atoms with Crippen molar-refractivity contribution in [3.8, 4) is 0 Å². The predicted octanol–water partition coefficient (Wildman–Crippen LogP) is 2.15. The molecule has 0 radical (unpaired) electrons. The van der Waals surface area contributed by atoms with Gasteiger partial charge in [-0.1, -0.05) is 11.6 Å². The third-order valence-electron chi connectivity index (χ3n) is 3.51. The van der Waals surface area contributed by atoms with E-state index in [1.165, 1.54) is 0 Å². The van der Waals surface area contributed by atoms with E-state index in [9.17, 15) is 18.7 Å². The van der Waals surface area contributed by atoms with Crippen LogP contribution in [-0.4, -0.2) is 59.1 Å². The molecule has 1 aromatic rings. The van der Waals surface area contributed by atoms with E-state index in [0.29, 0.717) is 32.7 Å². The first-order valence-electron chi connectivity index (χ1n) is 7.06. The molecule has 7 heteroatoms. The number of hydrogen-bond donors (Lipinski definition) is 1. The first-order valence-corrected chi connectivity index (χ1v) is 7.44. The number of aliphatic hydroxyl groups is 1. The minimum absolute atomic E-state index is 0.0310. The molecule has 0 bridgehead atoms. The highest BCUT2D eigenvalue weighted by Gasteiger charge is 2.27. The van der Waals surface area contributed by atoms with Crippen LogP contribution in [0.25, 0.3) is 0 Å². The summed E-state index contributed by atoms with van der Waals surface area (Å²) in [5.41, 5.74) is -0.827. The van der Waals surface area contributed by atoms with E-state index < -0.39 is 23.1 Å². The van der Waals surface area contributed by atoms with Crippen LogP contribution in [0.3, 0.4) is 0 Å². The van der Waals surface area contributed by atoms with Gasteiger partial charge in [-0.2, -0.15) is 0 Å². The number of benzene rings is 1. The molecule has 0 unspecified atom stereocenters. The lowest BCUT2D eigenvalue weighted by atomic mass is 10.1. The molecule has 0 atom stereocenters. The summed E-state index contributed by atoms with van der Waals surface area (Å²) in [6.07, 6.45) is 0. The Labute approximate surface area is 133 Å². The Morgan fingerprint density at radius 2 is 1.77 bits per heavy atom. The summed E-state index contributed by atoms with van der Waals surface area (Å²) in [7, 11) is 0. The van der Waals surface area contributed by atoms with Crippen molar-refractivity contribution in [1.29, 1.82) is 0 Å². The fourth-order valence-corrected chi connectivity index (χ4v) is 2.74. The van der Waals surface area contributed by atoms with Gasteiger partial charge in [0.05, 0.1) is 16.2 Å². The van der Waals surface area contributed by atoms with Crippen LogP contribution in [0.5, 0.6) is 0 Å². The molecule has 1 fully saturated rings. The maximum Gasteiger partial charge on any atom is 0.255 e. The van der Waals surface area contributed by atoms with Gasteiger partial charge < -0.3 is 10.0 Å². The topological polar surface area (TPSA) is 43.8 Å². The van der Waals surface area contributed by atoms with Gasteiger partial charge in [0.25, 0.3) is 5.91 Å². The summed E-state index contributed by atoms with van der Waals surface area (Å²) in [6, 6.07) is 1.65. The smallest absolute Gasteiger partial charge is 0.255 e. The van der Waals surface area contributed by atoms with Gasteiger partial charge in [-0.3, -0.25) is 9.69 Å². The number of β-amino-alcohol motifs (C(OH)–C–C–N with tert-alkyl or cyclic N) is 1. The van der Waals surface area contributed by atoms with Crippen molar-refractivity contribution in [1.82, 2.24) is 9.80 Å². The monoisotopic (exact) mass is 332 g/mol. The molecular weight excluding hydrogens is 314 g/mol. The lowest BCUT2D eigenvalue weighted by molar-refractivity contribution is 0.0178. The third-order valence-corrected chi connectivity index (χ3v) is 3.82. The van der Waals surface area contributed by atoms with E-state index in [1.807, 2.05) is 0 Å². The van der Waals surface area contributed by atoms with Gasteiger partial charge in [-0.15, -0.1) is 0 Å². The Kier molecular flexibility index (Phi) is 5.04. The van der Waals surface area contributed by atoms with Gasteiger partial charge in [-0.05, 0) is 26.0 Å². The van der Waals surface area contributed by atoms with Crippen molar-refractivity contribution in [2.45, 2.75) is 19.4 Å². The summed E-state index contributed by atoms with van der Waals surface area (Å²) in [4.78, 5) is 16.0. The average molecular weight is 333 g/mol. The second-order valence-corrected chi connectivity index (χ2v) is 6.53. The lowest BCUT2D eigenvalue weighted by Crippen LogP contribution is -2.52. The van der Waals surface area contributed by atoms with Gasteiger partial charge in [0.15, 0.2) is 11.6 Å². The zero-order chi connectivity index (χ0) is 16.5. The van der Waals surface area contributed by atoms with Crippen molar-refractivity contribution >= 4 is 17.5 Å². The van der Waals surface area contributed by atoms with Crippen LogP contribution >= 0.6 is 11.6 Å².